The lowest BCUT2D eigenvalue weighted by Gasteiger charge is -2.29. The lowest BCUT2D eigenvalue weighted by molar-refractivity contribution is -0.105. The van der Waals surface area contributed by atoms with Gasteiger partial charge in [-0.3, -0.25) is 9.89 Å². The van der Waals surface area contributed by atoms with Gasteiger partial charge in [0.25, 0.3) is 0 Å². The zero-order valence-corrected chi connectivity index (χ0v) is 14.2. The van der Waals surface area contributed by atoms with Crippen LogP contribution in [0, 0.1) is 5.41 Å². The standard InChI is InChI=1S/C15H15F3N2OS2/c1-14(2)5-8-11(10(21)6-14)13(22-7-15(16,17)18)23-12(8)9-3-4-19-20-9/h3-4H,5-7H2,1-2H3,(H,19,20). The number of nitrogens with zero attached hydrogens (tertiary/aromatic N) is 1. The molecule has 124 valence electrons. The number of halogens is 3. The van der Waals surface area contributed by atoms with Gasteiger partial charge < -0.3 is 0 Å². The third-order valence-corrected chi connectivity index (χ3v) is 6.24. The molecule has 2 heterocycles. The summed E-state index contributed by atoms with van der Waals surface area (Å²) < 4.78 is 38.1. The van der Waals surface area contributed by atoms with Crippen LogP contribution < -0.4 is 0 Å². The van der Waals surface area contributed by atoms with Gasteiger partial charge in [-0.15, -0.1) is 23.1 Å². The van der Waals surface area contributed by atoms with E-state index in [-0.39, 0.29) is 11.2 Å². The minimum Gasteiger partial charge on any atom is -0.294 e. The summed E-state index contributed by atoms with van der Waals surface area (Å²) in [5.41, 5.74) is 1.80. The normalized spacial score (nSPS) is 17.3. The average Bonchev–Trinajstić information content (AvgIpc) is 3.00. The summed E-state index contributed by atoms with van der Waals surface area (Å²) in [7, 11) is 0. The van der Waals surface area contributed by atoms with Crippen molar-refractivity contribution in [2.75, 3.05) is 5.75 Å². The molecule has 0 unspecified atom stereocenters. The van der Waals surface area contributed by atoms with E-state index < -0.39 is 11.9 Å². The van der Waals surface area contributed by atoms with E-state index >= 15 is 0 Å². The summed E-state index contributed by atoms with van der Waals surface area (Å²) in [5.74, 6) is -1.06. The highest BCUT2D eigenvalue weighted by atomic mass is 32.2. The molecule has 2 aromatic heterocycles. The number of thioether (sulfide) groups is 1. The summed E-state index contributed by atoms with van der Waals surface area (Å²) in [6.07, 6.45) is -1.57. The quantitative estimate of drug-likeness (QED) is 0.788. The van der Waals surface area contributed by atoms with Gasteiger partial charge in [0.05, 0.1) is 14.8 Å². The van der Waals surface area contributed by atoms with Crippen LogP contribution in [0.1, 0.15) is 36.2 Å². The number of aromatic nitrogens is 2. The SMILES string of the molecule is CC1(C)CC(=O)c2c(SCC(F)(F)F)sc(-c3cc[nH]n3)c2C1. The Morgan fingerprint density at radius 3 is 2.74 bits per heavy atom. The monoisotopic (exact) mass is 360 g/mol. The molecule has 23 heavy (non-hydrogen) atoms. The maximum atomic E-state index is 12.6. The Kier molecular flexibility index (Phi) is 4.08. The van der Waals surface area contributed by atoms with E-state index in [0.29, 0.717) is 40.1 Å². The van der Waals surface area contributed by atoms with E-state index in [9.17, 15) is 18.0 Å². The molecule has 0 saturated heterocycles. The Morgan fingerprint density at radius 2 is 2.13 bits per heavy atom. The van der Waals surface area contributed by atoms with Gasteiger partial charge in [0, 0.05) is 18.2 Å². The first-order valence-electron chi connectivity index (χ1n) is 7.05. The second kappa shape index (κ2) is 5.66. The number of hydrogen-bond donors (Lipinski definition) is 1. The molecule has 0 bridgehead atoms. The summed E-state index contributed by atoms with van der Waals surface area (Å²) in [6, 6.07) is 1.77. The van der Waals surface area contributed by atoms with Gasteiger partial charge in [0.15, 0.2) is 5.78 Å². The maximum absolute atomic E-state index is 12.6. The zero-order valence-electron chi connectivity index (χ0n) is 12.6. The van der Waals surface area contributed by atoms with Crippen molar-refractivity contribution in [1.82, 2.24) is 10.2 Å². The molecular weight excluding hydrogens is 345 g/mol. The Balaban J connectivity index is 2.07. The van der Waals surface area contributed by atoms with E-state index in [2.05, 4.69) is 10.2 Å². The van der Waals surface area contributed by atoms with Crippen molar-refractivity contribution < 1.29 is 18.0 Å². The smallest absolute Gasteiger partial charge is 0.294 e. The number of hydrogen-bond acceptors (Lipinski definition) is 4. The molecular formula is C15H15F3N2OS2. The van der Waals surface area contributed by atoms with Gasteiger partial charge in [-0.1, -0.05) is 13.8 Å². The van der Waals surface area contributed by atoms with Crippen molar-refractivity contribution in [2.24, 2.45) is 5.41 Å². The third-order valence-electron chi connectivity index (χ3n) is 3.65. The van der Waals surface area contributed by atoms with Crippen LogP contribution >= 0.6 is 23.1 Å². The van der Waals surface area contributed by atoms with Gasteiger partial charge in [-0.25, -0.2) is 0 Å². The van der Waals surface area contributed by atoms with Crippen molar-refractivity contribution in [3.05, 3.63) is 23.4 Å². The molecule has 2 aromatic rings. The van der Waals surface area contributed by atoms with Crippen LogP contribution in [0.25, 0.3) is 10.6 Å². The second-order valence-electron chi connectivity index (χ2n) is 6.38. The van der Waals surface area contributed by atoms with Crippen molar-refractivity contribution in [3.8, 4) is 10.6 Å². The van der Waals surface area contributed by atoms with Crippen molar-refractivity contribution in [1.29, 1.82) is 0 Å². The fraction of sp³-hybridized carbons (Fsp3) is 0.467. The summed E-state index contributed by atoms with van der Waals surface area (Å²) in [5, 5.41) is 6.85. The van der Waals surface area contributed by atoms with Gasteiger partial charge in [0.1, 0.15) is 5.69 Å². The molecule has 1 aliphatic rings. The first-order chi connectivity index (χ1) is 10.7. The van der Waals surface area contributed by atoms with E-state index in [1.807, 2.05) is 13.8 Å². The van der Waals surface area contributed by atoms with E-state index in [1.54, 1.807) is 12.3 Å². The first-order valence-corrected chi connectivity index (χ1v) is 8.85. The molecule has 1 N–H and O–H groups in total. The molecule has 0 saturated carbocycles. The fourth-order valence-electron chi connectivity index (χ4n) is 2.80. The predicted octanol–water partition coefficient (Wildman–Crippen LogP) is 4.95. The van der Waals surface area contributed by atoms with E-state index in [1.165, 1.54) is 11.3 Å². The Bertz CT molecular complexity index is 733. The summed E-state index contributed by atoms with van der Waals surface area (Å²) >= 11 is 1.94. The number of Topliss-reactive ketones (excluding diaryl/α,β-unsaturated/α-hetero) is 1. The predicted molar refractivity (Wildman–Crippen MR) is 85.1 cm³/mol. The molecule has 0 amide bonds. The fourth-order valence-corrected chi connectivity index (χ4v) is 5.18. The highest BCUT2D eigenvalue weighted by Crippen LogP contribution is 2.48. The van der Waals surface area contributed by atoms with Crippen molar-refractivity contribution >= 4 is 28.9 Å². The number of carbonyl (C=O) groups is 1. The number of rotatable bonds is 3. The van der Waals surface area contributed by atoms with Gasteiger partial charge in [-0.05, 0) is 23.5 Å². The molecule has 8 heteroatoms. The molecule has 0 fully saturated rings. The lowest BCUT2D eigenvalue weighted by Crippen LogP contribution is -2.26. The molecule has 1 aliphatic carbocycles. The number of carbonyl (C=O) groups excluding carboxylic acids is 1. The van der Waals surface area contributed by atoms with E-state index in [0.717, 1.165) is 10.4 Å². The summed E-state index contributed by atoms with van der Waals surface area (Å²) in [6.45, 7) is 4.00. The van der Waals surface area contributed by atoms with Crippen LogP contribution in [0.15, 0.2) is 16.5 Å². The number of alkyl halides is 3. The van der Waals surface area contributed by atoms with Crippen molar-refractivity contribution in [2.45, 2.75) is 37.1 Å². The number of aromatic amines is 1. The van der Waals surface area contributed by atoms with Crippen LogP contribution in [-0.2, 0) is 6.42 Å². The minimum absolute atomic E-state index is 0.0704. The second-order valence-corrected chi connectivity index (χ2v) is 8.64. The number of fused-ring (bicyclic) bond motifs is 1. The average molecular weight is 360 g/mol. The number of nitrogens with one attached hydrogen (secondary N) is 1. The van der Waals surface area contributed by atoms with Crippen LogP contribution in [0.2, 0.25) is 0 Å². The molecule has 3 nitrogen and oxygen atoms in total. The minimum atomic E-state index is -4.26. The van der Waals surface area contributed by atoms with Gasteiger partial charge in [0.2, 0.25) is 0 Å². The Labute approximate surface area is 139 Å². The third kappa shape index (κ3) is 3.47. The molecule has 0 atom stereocenters. The number of H-pyrrole nitrogens is 1. The lowest BCUT2D eigenvalue weighted by atomic mass is 9.74. The molecule has 0 radical (unpaired) electrons. The zero-order chi connectivity index (χ0) is 16.8. The maximum Gasteiger partial charge on any atom is 0.398 e. The Morgan fingerprint density at radius 1 is 1.39 bits per heavy atom. The molecule has 3 rings (SSSR count). The van der Waals surface area contributed by atoms with Crippen molar-refractivity contribution in [3.63, 3.8) is 0 Å². The van der Waals surface area contributed by atoms with Crippen LogP contribution in [0.5, 0.6) is 0 Å². The topological polar surface area (TPSA) is 45.8 Å². The molecule has 0 aromatic carbocycles. The highest BCUT2D eigenvalue weighted by Gasteiger charge is 2.38. The van der Waals surface area contributed by atoms with Crippen LogP contribution in [0.4, 0.5) is 13.2 Å². The summed E-state index contributed by atoms with van der Waals surface area (Å²) in [4.78, 5) is 13.3. The van der Waals surface area contributed by atoms with Crippen LogP contribution in [-0.4, -0.2) is 27.9 Å². The molecule has 0 spiro atoms. The highest BCUT2D eigenvalue weighted by molar-refractivity contribution is 8.01. The number of ketones is 1. The Hall–Kier alpha value is -1.28. The first kappa shape index (κ1) is 16.6. The van der Waals surface area contributed by atoms with Gasteiger partial charge in [-0.2, -0.15) is 18.3 Å². The van der Waals surface area contributed by atoms with Crippen LogP contribution in [0.3, 0.4) is 0 Å². The largest absolute Gasteiger partial charge is 0.398 e. The van der Waals surface area contributed by atoms with Gasteiger partial charge >= 0.3 is 6.18 Å². The number of thiophene rings is 1. The molecule has 0 aliphatic heterocycles. The van der Waals surface area contributed by atoms with E-state index in [4.69, 9.17) is 0 Å².